The van der Waals surface area contributed by atoms with Crippen molar-refractivity contribution in [1.29, 1.82) is 0 Å². The van der Waals surface area contributed by atoms with Crippen LogP contribution >= 0.6 is 27.5 Å². The lowest BCUT2D eigenvalue weighted by Crippen LogP contribution is -2.32. The van der Waals surface area contributed by atoms with E-state index in [-0.39, 0.29) is 6.61 Å². The Kier molecular flexibility index (Phi) is 10.2. The lowest BCUT2D eigenvalue weighted by Gasteiger charge is -2.11. The second kappa shape index (κ2) is 13.8. The number of nitrogens with one attached hydrogen (secondary N) is 3. The Labute approximate surface area is 226 Å². The molecular formula is C26H22BrClN4O5. The van der Waals surface area contributed by atoms with Crippen LogP contribution in [0.4, 0.5) is 11.4 Å². The van der Waals surface area contributed by atoms with Crippen LogP contribution in [0.25, 0.3) is 0 Å². The highest BCUT2D eigenvalue weighted by molar-refractivity contribution is 9.10. The number of para-hydroxylation sites is 1. The Balaban J connectivity index is 1.54. The average molecular weight is 586 g/mol. The molecule has 3 amide bonds. The average Bonchev–Trinajstić information content (AvgIpc) is 2.89. The molecule has 190 valence electrons. The summed E-state index contributed by atoms with van der Waals surface area (Å²) in [5, 5.41) is 9.36. The summed E-state index contributed by atoms with van der Waals surface area (Å²) >= 11 is 9.40. The standard InChI is InChI=1S/C26H22BrClN4O5/c1-2-13-36-20-10-8-19(9-11-20)30-25(34)26(35)32-29-15-17-14-18(27)7-12-23(17)37-16-24(33)31-22-6-4-3-5-21(22)28/h2-12,14-15H,1,13,16H2,(H,30,34)(H,31,33)(H,32,35)/b29-15-. The van der Waals surface area contributed by atoms with Crippen molar-refractivity contribution in [3.8, 4) is 11.5 Å². The topological polar surface area (TPSA) is 118 Å². The second-order valence-corrected chi connectivity index (χ2v) is 8.60. The van der Waals surface area contributed by atoms with E-state index in [4.69, 9.17) is 21.1 Å². The van der Waals surface area contributed by atoms with Crippen LogP contribution in [0.15, 0.2) is 89.0 Å². The van der Waals surface area contributed by atoms with Crippen LogP contribution in [0.3, 0.4) is 0 Å². The summed E-state index contributed by atoms with van der Waals surface area (Å²) in [6.07, 6.45) is 2.91. The Morgan fingerprint density at radius 3 is 2.46 bits per heavy atom. The van der Waals surface area contributed by atoms with Gasteiger partial charge in [0.25, 0.3) is 5.91 Å². The SMILES string of the molecule is C=CCOc1ccc(NC(=O)C(=O)N/N=C\c2cc(Br)ccc2OCC(=O)Nc2ccccc2Cl)cc1. The third kappa shape index (κ3) is 8.78. The van der Waals surface area contributed by atoms with E-state index in [1.807, 2.05) is 0 Å². The van der Waals surface area contributed by atoms with Gasteiger partial charge in [-0.05, 0) is 54.6 Å². The fourth-order valence-electron chi connectivity index (χ4n) is 2.83. The van der Waals surface area contributed by atoms with E-state index < -0.39 is 17.7 Å². The van der Waals surface area contributed by atoms with Crippen LogP contribution in [-0.4, -0.2) is 37.1 Å². The molecule has 0 spiro atoms. The van der Waals surface area contributed by atoms with Gasteiger partial charge in [0.1, 0.15) is 18.1 Å². The largest absolute Gasteiger partial charge is 0.490 e. The van der Waals surface area contributed by atoms with Crippen molar-refractivity contribution in [1.82, 2.24) is 5.43 Å². The number of hydrazone groups is 1. The first-order valence-electron chi connectivity index (χ1n) is 10.8. The van der Waals surface area contributed by atoms with Gasteiger partial charge in [-0.1, -0.05) is 52.3 Å². The maximum absolute atomic E-state index is 12.3. The van der Waals surface area contributed by atoms with Gasteiger partial charge in [-0.3, -0.25) is 14.4 Å². The van der Waals surface area contributed by atoms with Crippen LogP contribution in [0.5, 0.6) is 11.5 Å². The van der Waals surface area contributed by atoms with Crippen LogP contribution in [0.2, 0.25) is 5.02 Å². The second-order valence-electron chi connectivity index (χ2n) is 7.28. The molecule has 0 heterocycles. The number of rotatable bonds is 10. The van der Waals surface area contributed by atoms with Crippen LogP contribution < -0.4 is 25.5 Å². The molecule has 9 nitrogen and oxygen atoms in total. The summed E-state index contributed by atoms with van der Waals surface area (Å²) in [5.41, 5.74) is 3.49. The van der Waals surface area contributed by atoms with E-state index in [0.717, 1.165) is 0 Å². The lowest BCUT2D eigenvalue weighted by atomic mass is 10.2. The van der Waals surface area contributed by atoms with Crippen molar-refractivity contribution in [3.05, 3.63) is 94.4 Å². The number of ether oxygens (including phenoxy) is 2. The number of hydrogen-bond acceptors (Lipinski definition) is 6. The van der Waals surface area contributed by atoms with Gasteiger partial charge in [-0.25, -0.2) is 5.43 Å². The van der Waals surface area contributed by atoms with Crippen LogP contribution in [0.1, 0.15) is 5.56 Å². The van der Waals surface area contributed by atoms with Gasteiger partial charge in [0.15, 0.2) is 6.61 Å². The fourth-order valence-corrected chi connectivity index (χ4v) is 3.39. The molecule has 0 aromatic heterocycles. The van der Waals surface area contributed by atoms with E-state index in [2.05, 4.69) is 43.7 Å². The molecule has 11 heteroatoms. The fraction of sp³-hybridized carbons (Fsp3) is 0.0769. The maximum Gasteiger partial charge on any atom is 0.329 e. The smallest absolute Gasteiger partial charge is 0.329 e. The molecule has 3 aromatic rings. The highest BCUT2D eigenvalue weighted by Crippen LogP contribution is 2.23. The minimum absolute atomic E-state index is 0.292. The predicted molar refractivity (Wildman–Crippen MR) is 146 cm³/mol. The zero-order valence-corrected chi connectivity index (χ0v) is 21.7. The first kappa shape index (κ1) is 27.4. The van der Waals surface area contributed by atoms with E-state index in [9.17, 15) is 14.4 Å². The lowest BCUT2D eigenvalue weighted by molar-refractivity contribution is -0.136. The van der Waals surface area contributed by atoms with Crippen molar-refractivity contribution in [3.63, 3.8) is 0 Å². The van der Waals surface area contributed by atoms with E-state index in [1.54, 1.807) is 72.8 Å². The molecule has 0 unspecified atom stereocenters. The molecule has 0 aliphatic heterocycles. The van der Waals surface area contributed by atoms with Crippen molar-refractivity contribution < 1.29 is 23.9 Å². The number of carbonyl (C=O) groups is 3. The molecular weight excluding hydrogens is 564 g/mol. The van der Waals surface area contributed by atoms with Gasteiger partial charge >= 0.3 is 11.8 Å². The molecule has 0 bridgehead atoms. The third-order valence-corrected chi connectivity index (χ3v) is 5.36. The van der Waals surface area contributed by atoms with E-state index in [1.165, 1.54) is 6.21 Å². The number of halogens is 2. The summed E-state index contributed by atoms with van der Waals surface area (Å²) in [6, 6.07) is 18.4. The first-order valence-corrected chi connectivity index (χ1v) is 12.0. The summed E-state index contributed by atoms with van der Waals surface area (Å²) in [4.78, 5) is 36.6. The van der Waals surface area contributed by atoms with Crippen molar-refractivity contribution in [2.24, 2.45) is 5.10 Å². The summed E-state index contributed by atoms with van der Waals surface area (Å²) in [6.45, 7) is 3.63. The minimum Gasteiger partial charge on any atom is -0.490 e. The summed E-state index contributed by atoms with van der Waals surface area (Å²) in [5.74, 6) is -1.36. The Morgan fingerprint density at radius 1 is 0.973 bits per heavy atom. The van der Waals surface area contributed by atoms with Crippen LogP contribution in [-0.2, 0) is 14.4 Å². The molecule has 0 saturated heterocycles. The molecule has 0 radical (unpaired) electrons. The van der Waals surface area contributed by atoms with E-state index >= 15 is 0 Å². The molecule has 37 heavy (non-hydrogen) atoms. The normalized spacial score (nSPS) is 10.4. The zero-order chi connectivity index (χ0) is 26.6. The predicted octanol–water partition coefficient (Wildman–Crippen LogP) is 4.77. The molecule has 3 N–H and O–H groups in total. The molecule has 3 aromatic carbocycles. The van der Waals surface area contributed by atoms with Gasteiger partial charge in [0, 0.05) is 15.7 Å². The van der Waals surface area contributed by atoms with Crippen LogP contribution in [0, 0.1) is 0 Å². The maximum atomic E-state index is 12.3. The van der Waals surface area contributed by atoms with Gasteiger partial charge in [0.05, 0.1) is 16.9 Å². The Morgan fingerprint density at radius 2 is 1.73 bits per heavy atom. The van der Waals surface area contributed by atoms with Gasteiger partial charge in [-0.2, -0.15) is 5.10 Å². The number of anilines is 2. The first-order chi connectivity index (χ1) is 17.9. The van der Waals surface area contributed by atoms with Gasteiger partial charge in [0.2, 0.25) is 0 Å². The quantitative estimate of drug-likeness (QED) is 0.137. The third-order valence-electron chi connectivity index (χ3n) is 4.53. The molecule has 0 atom stereocenters. The highest BCUT2D eigenvalue weighted by Gasteiger charge is 2.13. The number of nitrogens with zero attached hydrogens (tertiary/aromatic N) is 1. The Hall–Kier alpha value is -4.15. The van der Waals surface area contributed by atoms with Gasteiger partial charge < -0.3 is 20.1 Å². The zero-order valence-electron chi connectivity index (χ0n) is 19.4. The Bertz CT molecular complexity index is 1310. The minimum atomic E-state index is -0.972. The number of amides is 3. The summed E-state index contributed by atoms with van der Waals surface area (Å²) in [7, 11) is 0. The van der Waals surface area contributed by atoms with Crippen molar-refractivity contribution >= 4 is 62.8 Å². The molecule has 0 saturated carbocycles. The number of carbonyl (C=O) groups excluding carboxylic acids is 3. The molecule has 3 rings (SSSR count). The monoisotopic (exact) mass is 584 g/mol. The van der Waals surface area contributed by atoms with Crippen molar-refractivity contribution in [2.45, 2.75) is 0 Å². The van der Waals surface area contributed by atoms with Crippen molar-refractivity contribution in [2.75, 3.05) is 23.8 Å². The number of hydrogen-bond donors (Lipinski definition) is 3. The summed E-state index contributed by atoms with van der Waals surface area (Å²) < 4.78 is 11.7. The van der Waals surface area contributed by atoms with Gasteiger partial charge in [-0.15, -0.1) is 0 Å². The molecule has 0 fully saturated rings. The van der Waals surface area contributed by atoms with E-state index in [0.29, 0.717) is 44.5 Å². The molecule has 0 aliphatic carbocycles. The molecule has 0 aliphatic rings. The number of benzene rings is 3. The highest BCUT2D eigenvalue weighted by atomic mass is 79.9.